The van der Waals surface area contributed by atoms with Crippen LogP contribution in [0.15, 0.2) is 70.2 Å². The first kappa shape index (κ1) is 40.4. The Bertz CT molecular complexity index is 2600. The number of imide groups is 1. The van der Waals surface area contributed by atoms with Crippen LogP contribution in [0.5, 0.6) is 0 Å². The smallest absolute Gasteiger partial charge is 0.329 e. The fraction of sp³-hybridized carbons (Fsp3) is 0.478. The molecule has 5 fully saturated rings. The highest BCUT2D eigenvalue weighted by Crippen LogP contribution is 2.43. The van der Waals surface area contributed by atoms with E-state index in [0.717, 1.165) is 54.4 Å². The first-order chi connectivity index (χ1) is 30.0. The summed E-state index contributed by atoms with van der Waals surface area (Å²) < 4.78 is 3.07. The number of dihydropyridines is 1. The second-order valence-electron chi connectivity index (χ2n) is 18.0. The van der Waals surface area contributed by atoms with Crippen LogP contribution in [0.4, 0.5) is 5.95 Å². The van der Waals surface area contributed by atoms with Crippen LogP contribution >= 0.6 is 11.6 Å². The van der Waals surface area contributed by atoms with E-state index in [1.165, 1.54) is 23.0 Å². The van der Waals surface area contributed by atoms with E-state index in [1.54, 1.807) is 24.0 Å². The molecule has 1 saturated carbocycles. The van der Waals surface area contributed by atoms with E-state index in [0.29, 0.717) is 80.3 Å². The molecule has 7 heterocycles. The van der Waals surface area contributed by atoms with Gasteiger partial charge in [0, 0.05) is 44.9 Å². The number of nitrogens with one attached hydrogen (secondary N) is 2. The fourth-order valence-electron chi connectivity index (χ4n) is 10.3. The molecule has 2 atom stereocenters. The molecular weight excluding hydrogens is 808 g/mol. The summed E-state index contributed by atoms with van der Waals surface area (Å²) in [5, 5.41) is 6.16. The Balaban J connectivity index is 0.718. The van der Waals surface area contributed by atoms with E-state index < -0.39 is 17.4 Å². The van der Waals surface area contributed by atoms with E-state index in [9.17, 15) is 24.0 Å². The largest absolute Gasteiger partial charge is 0.342 e. The fourth-order valence-corrected chi connectivity index (χ4v) is 10.5. The van der Waals surface area contributed by atoms with Gasteiger partial charge in [-0.05, 0) is 112 Å². The molecule has 2 N–H and O–H groups in total. The Morgan fingerprint density at radius 1 is 0.903 bits per heavy atom. The zero-order chi connectivity index (χ0) is 42.7. The molecule has 0 bridgehead atoms. The Hall–Kier alpha value is -5.67. The second kappa shape index (κ2) is 16.2. The van der Waals surface area contributed by atoms with Crippen LogP contribution in [0.2, 0.25) is 5.02 Å². The predicted octanol–water partition coefficient (Wildman–Crippen LogP) is 4.78. The van der Waals surface area contributed by atoms with Crippen molar-refractivity contribution in [2.24, 2.45) is 17.5 Å². The first-order valence-corrected chi connectivity index (χ1v) is 22.4. The molecule has 2 aromatic heterocycles. The molecule has 15 nitrogen and oxygen atoms in total. The average molecular weight is 859 g/mol. The molecule has 16 heteroatoms. The minimum atomic E-state index is -0.721. The number of hydrogen-bond donors (Lipinski definition) is 2. The van der Waals surface area contributed by atoms with Crippen molar-refractivity contribution in [2.45, 2.75) is 81.7 Å². The minimum Gasteiger partial charge on any atom is -0.342 e. The molecule has 2 unspecified atom stereocenters. The van der Waals surface area contributed by atoms with Gasteiger partial charge in [0.05, 0.1) is 58.2 Å². The minimum absolute atomic E-state index is 0.117. The number of aromatic nitrogens is 4. The normalized spacial score (nSPS) is 23.3. The molecule has 1 aliphatic carbocycles. The quantitative estimate of drug-likeness (QED) is 0.226. The summed E-state index contributed by atoms with van der Waals surface area (Å²) in [6.45, 7) is 4.21. The van der Waals surface area contributed by atoms with Crippen molar-refractivity contribution in [2.75, 3.05) is 51.1 Å². The number of anilines is 1. The van der Waals surface area contributed by atoms with Gasteiger partial charge < -0.3 is 15.1 Å². The number of benzene rings is 2. The molecule has 322 valence electrons. The van der Waals surface area contributed by atoms with Gasteiger partial charge >= 0.3 is 5.69 Å². The van der Waals surface area contributed by atoms with Gasteiger partial charge in [0.2, 0.25) is 29.6 Å². The van der Waals surface area contributed by atoms with Crippen LogP contribution in [0.1, 0.15) is 86.8 Å². The van der Waals surface area contributed by atoms with E-state index >= 15 is 0 Å². The average Bonchev–Trinajstić information content (AvgIpc) is 4.05. The number of aliphatic imine (C=N–C) groups is 1. The maximum Gasteiger partial charge on any atom is 0.329 e. The number of carbonyl (C=O) groups excluding carboxylic acids is 4. The number of likely N-dealkylation sites (tertiary alicyclic amines) is 3. The molecule has 5 aliphatic heterocycles. The van der Waals surface area contributed by atoms with E-state index in [2.05, 4.69) is 43.7 Å². The van der Waals surface area contributed by atoms with E-state index in [4.69, 9.17) is 16.6 Å². The van der Waals surface area contributed by atoms with Crippen molar-refractivity contribution in [1.82, 2.24) is 39.1 Å². The highest BCUT2D eigenvalue weighted by atomic mass is 35.5. The number of amides is 4. The van der Waals surface area contributed by atoms with Crippen molar-refractivity contribution in [3.63, 3.8) is 0 Å². The van der Waals surface area contributed by atoms with E-state index in [-0.39, 0.29) is 41.8 Å². The van der Waals surface area contributed by atoms with Gasteiger partial charge in [-0.1, -0.05) is 35.9 Å². The molecular formula is C46H51ClN10O5. The number of halogens is 1. The third-order valence-corrected chi connectivity index (χ3v) is 14.5. The van der Waals surface area contributed by atoms with Gasteiger partial charge in [-0.15, -0.1) is 0 Å². The molecule has 6 aliphatic rings. The Labute approximate surface area is 364 Å². The van der Waals surface area contributed by atoms with Crippen molar-refractivity contribution in [3.8, 4) is 11.3 Å². The highest BCUT2D eigenvalue weighted by Gasteiger charge is 2.50. The number of piperidine rings is 3. The maximum atomic E-state index is 14.1. The van der Waals surface area contributed by atoms with Gasteiger partial charge in [-0.2, -0.15) is 0 Å². The number of allylic oxidation sites excluding steroid dienone is 1. The van der Waals surface area contributed by atoms with Crippen molar-refractivity contribution in [1.29, 1.82) is 0 Å². The molecule has 2 aromatic carbocycles. The molecule has 62 heavy (non-hydrogen) atoms. The zero-order valence-corrected chi connectivity index (χ0v) is 35.6. The van der Waals surface area contributed by atoms with Crippen molar-refractivity contribution in [3.05, 3.63) is 87.1 Å². The van der Waals surface area contributed by atoms with Gasteiger partial charge in [0.25, 0.3) is 0 Å². The molecule has 4 amide bonds. The van der Waals surface area contributed by atoms with Crippen LogP contribution < -0.4 is 16.3 Å². The van der Waals surface area contributed by atoms with Crippen LogP contribution in [0.25, 0.3) is 22.3 Å². The lowest BCUT2D eigenvalue weighted by Crippen LogP contribution is -2.50. The van der Waals surface area contributed by atoms with Gasteiger partial charge in [-0.25, -0.2) is 14.8 Å². The van der Waals surface area contributed by atoms with Crippen molar-refractivity contribution >= 4 is 58.4 Å². The molecule has 4 saturated heterocycles. The Morgan fingerprint density at radius 2 is 1.66 bits per heavy atom. The van der Waals surface area contributed by atoms with E-state index in [1.807, 2.05) is 40.1 Å². The standard InChI is InChI=1S/C46H51ClN10O5/c1-53-38-22-31(7-8-36(38)57(45(53)62)37-9-10-39(58)51-42(37)60)29-11-16-55(17-12-29)40(59)27-54-18-13-46(14-19-54)15-20-56(43(46)61)34-23-33(24-48-25-34)50-44-49-26-35(47)41(52-44)32-4-2-3-30(21-32)28-5-6-28/h2-4,7-8,21-24,26,28-29,34,37H,5-6,9-20,25,27H2,1H3,(H,49,50,52)(H,51,58,60). The highest BCUT2D eigenvalue weighted by molar-refractivity contribution is 6.32. The van der Waals surface area contributed by atoms with Gasteiger partial charge in [0.1, 0.15) is 6.04 Å². The lowest BCUT2D eigenvalue weighted by molar-refractivity contribution is -0.140. The van der Waals surface area contributed by atoms with Crippen LogP contribution in [-0.4, -0.2) is 116 Å². The number of imidazole rings is 1. The summed E-state index contributed by atoms with van der Waals surface area (Å²) in [4.78, 5) is 85.3. The van der Waals surface area contributed by atoms with Crippen LogP contribution in [-0.2, 0) is 26.2 Å². The summed E-state index contributed by atoms with van der Waals surface area (Å²) in [5.41, 5.74) is 5.51. The van der Waals surface area contributed by atoms with Gasteiger partial charge in [-0.3, -0.25) is 43.5 Å². The maximum absolute atomic E-state index is 14.1. The summed E-state index contributed by atoms with van der Waals surface area (Å²) in [6, 6.07) is 13.5. The number of aryl methyl sites for hydroxylation is 1. The lowest BCUT2D eigenvalue weighted by Gasteiger charge is -2.39. The third kappa shape index (κ3) is 7.63. The Kier molecular flexibility index (Phi) is 10.6. The lowest BCUT2D eigenvalue weighted by atomic mass is 9.77. The monoisotopic (exact) mass is 858 g/mol. The second-order valence-corrected chi connectivity index (χ2v) is 18.4. The van der Waals surface area contributed by atoms with Crippen molar-refractivity contribution < 1.29 is 19.2 Å². The Morgan fingerprint density at radius 3 is 2.44 bits per heavy atom. The molecule has 4 aromatic rings. The summed E-state index contributed by atoms with van der Waals surface area (Å²) in [6.07, 6.45) is 12.2. The number of nitrogens with zero attached hydrogens (tertiary/aromatic N) is 8. The summed E-state index contributed by atoms with van der Waals surface area (Å²) >= 11 is 6.57. The number of carbonyl (C=O) groups is 4. The SMILES string of the molecule is Cn1c(=O)n(C2CCC(=O)NC2=O)c2ccc(C3CCN(C(=O)CN4CCC5(CC4)CCN(C4C=C(Nc6ncc(Cl)c(-c7cccc(C8CC8)c7)n6)C=NC4)C5=O)CC3)cc21. The molecule has 0 radical (unpaired) electrons. The van der Waals surface area contributed by atoms with Crippen LogP contribution in [0.3, 0.4) is 0 Å². The number of fused-ring (bicyclic) bond motifs is 1. The predicted molar refractivity (Wildman–Crippen MR) is 235 cm³/mol. The number of hydrogen-bond acceptors (Lipinski definition) is 10. The summed E-state index contributed by atoms with van der Waals surface area (Å²) in [5.74, 6) is 0.801. The van der Waals surface area contributed by atoms with Gasteiger partial charge in [0.15, 0.2) is 0 Å². The summed E-state index contributed by atoms with van der Waals surface area (Å²) in [7, 11) is 1.71. The van der Waals surface area contributed by atoms with Crippen LogP contribution in [0, 0.1) is 5.41 Å². The zero-order valence-electron chi connectivity index (χ0n) is 34.9. The number of rotatable bonds is 9. The molecule has 10 rings (SSSR count). The topological polar surface area (TPSA) is 167 Å². The third-order valence-electron chi connectivity index (χ3n) is 14.2. The first-order valence-electron chi connectivity index (χ1n) is 22.0. The molecule has 1 spiro atoms.